The van der Waals surface area contributed by atoms with Crippen molar-refractivity contribution < 1.29 is 14.3 Å². The monoisotopic (exact) mass is 300 g/mol. The molecule has 1 aliphatic heterocycles. The van der Waals surface area contributed by atoms with Crippen molar-refractivity contribution >= 4 is 23.8 Å². The molecule has 1 atom stereocenters. The fourth-order valence-electron chi connectivity index (χ4n) is 2.04. The van der Waals surface area contributed by atoms with Gasteiger partial charge in [-0.05, 0) is 34.6 Å². The second kappa shape index (κ2) is 6.08. The third-order valence-electron chi connectivity index (χ3n) is 2.84. The van der Waals surface area contributed by atoms with E-state index in [1.54, 1.807) is 43.5 Å². The van der Waals surface area contributed by atoms with Crippen LogP contribution in [0.5, 0.6) is 0 Å². The smallest absolute Gasteiger partial charge is 0.408 e. The molecule has 1 saturated heterocycles. The number of thioether (sulfide) groups is 1. The Morgan fingerprint density at radius 2 is 2.10 bits per heavy atom. The second-order valence-electron chi connectivity index (χ2n) is 6.18. The van der Waals surface area contributed by atoms with Gasteiger partial charge in [0.1, 0.15) is 12.1 Å². The Kier molecular flexibility index (Phi) is 5.13. The molecule has 1 rings (SSSR count). The van der Waals surface area contributed by atoms with E-state index >= 15 is 0 Å². The lowest BCUT2D eigenvalue weighted by Gasteiger charge is -2.33. The van der Waals surface area contributed by atoms with Crippen LogP contribution in [0, 0.1) is 0 Å². The van der Waals surface area contributed by atoms with Crippen LogP contribution in [0.3, 0.4) is 0 Å². The molecule has 0 saturated carbocycles. The van der Waals surface area contributed by atoms with Gasteiger partial charge in [0.2, 0.25) is 5.91 Å². The fourth-order valence-corrected chi connectivity index (χ4v) is 3.28. The molecule has 0 aromatic rings. The van der Waals surface area contributed by atoms with Gasteiger partial charge in [0.05, 0.1) is 10.9 Å². The molecule has 0 aliphatic carbocycles. The summed E-state index contributed by atoms with van der Waals surface area (Å²) in [5, 5.41) is 2.50. The fraction of sp³-hybridized carbons (Fsp3) is 0.714. The Labute approximate surface area is 125 Å². The predicted octanol–water partition coefficient (Wildman–Crippen LogP) is 2.38. The number of rotatable bonds is 3. The highest BCUT2D eigenvalue weighted by atomic mass is 32.2. The predicted molar refractivity (Wildman–Crippen MR) is 81.6 cm³/mol. The summed E-state index contributed by atoms with van der Waals surface area (Å²) in [5.41, 5.74) is -0.570. The molecule has 0 unspecified atom stereocenters. The maximum absolute atomic E-state index is 12.3. The molecule has 6 heteroatoms. The summed E-state index contributed by atoms with van der Waals surface area (Å²) in [5.74, 6) is 0.699. The molecule has 0 aromatic carbocycles. The molecule has 114 valence electrons. The van der Waals surface area contributed by atoms with Crippen LogP contribution in [-0.2, 0) is 9.53 Å². The van der Waals surface area contributed by atoms with Crippen LogP contribution >= 0.6 is 11.8 Å². The van der Waals surface area contributed by atoms with E-state index in [2.05, 4.69) is 11.9 Å². The summed E-state index contributed by atoms with van der Waals surface area (Å²) < 4.78 is 5.11. The molecule has 2 amide bonds. The molecule has 1 heterocycles. The van der Waals surface area contributed by atoms with Crippen molar-refractivity contribution in [3.8, 4) is 0 Å². The van der Waals surface area contributed by atoms with E-state index in [-0.39, 0.29) is 23.4 Å². The lowest BCUT2D eigenvalue weighted by atomic mass is 10.2. The maximum atomic E-state index is 12.3. The van der Waals surface area contributed by atoms with E-state index in [0.717, 1.165) is 5.75 Å². The van der Waals surface area contributed by atoms with Crippen molar-refractivity contribution in [1.82, 2.24) is 10.2 Å². The van der Waals surface area contributed by atoms with Crippen LogP contribution in [-0.4, -0.2) is 45.7 Å². The van der Waals surface area contributed by atoms with Gasteiger partial charge in [-0.25, -0.2) is 4.79 Å². The van der Waals surface area contributed by atoms with Crippen LogP contribution in [0.4, 0.5) is 4.79 Å². The molecular formula is C14H24N2O3S. The molecule has 1 fully saturated rings. The van der Waals surface area contributed by atoms with Crippen molar-refractivity contribution in [2.75, 3.05) is 12.3 Å². The van der Waals surface area contributed by atoms with Crippen molar-refractivity contribution in [1.29, 1.82) is 0 Å². The SMILES string of the molecule is C=C[C@H]1CSC(C)(C)N1C(=O)CNC(=O)OC(C)(C)C. The van der Waals surface area contributed by atoms with E-state index in [4.69, 9.17) is 4.74 Å². The largest absolute Gasteiger partial charge is 0.444 e. The summed E-state index contributed by atoms with van der Waals surface area (Å²) in [7, 11) is 0. The zero-order chi connectivity index (χ0) is 15.6. The third-order valence-corrected chi connectivity index (χ3v) is 4.25. The molecule has 5 nitrogen and oxygen atoms in total. The summed E-state index contributed by atoms with van der Waals surface area (Å²) in [6.07, 6.45) is 1.19. The van der Waals surface area contributed by atoms with E-state index < -0.39 is 11.7 Å². The van der Waals surface area contributed by atoms with Crippen LogP contribution in [0.2, 0.25) is 0 Å². The minimum absolute atomic E-state index is 0.00272. The number of alkyl carbamates (subject to hydrolysis) is 1. The van der Waals surface area contributed by atoms with Crippen LogP contribution in [0.1, 0.15) is 34.6 Å². The highest BCUT2D eigenvalue weighted by Gasteiger charge is 2.41. The van der Waals surface area contributed by atoms with E-state index in [0.29, 0.717) is 0 Å². The highest BCUT2D eigenvalue weighted by molar-refractivity contribution is 8.00. The van der Waals surface area contributed by atoms with Gasteiger partial charge in [-0.3, -0.25) is 4.79 Å². The van der Waals surface area contributed by atoms with Gasteiger partial charge in [0.15, 0.2) is 0 Å². The van der Waals surface area contributed by atoms with Crippen LogP contribution in [0.25, 0.3) is 0 Å². The number of amides is 2. The van der Waals surface area contributed by atoms with Crippen molar-refractivity contribution in [3.63, 3.8) is 0 Å². The molecule has 0 radical (unpaired) electrons. The summed E-state index contributed by atoms with van der Waals surface area (Å²) in [6.45, 7) is 13.0. The number of carbonyl (C=O) groups excluding carboxylic acids is 2. The maximum Gasteiger partial charge on any atom is 0.408 e. The molecule has 1 aliphatic rings. The van der Waals surface area contributed by atoms with E-state index in [1.165, 1.54) is 0 Å². The molecule has 0 spiro atoms. The lowest BCUT2D eigenvalue weighted by molar-refractivity contribution is -0.133. The number of hydrogen-bond acceptors (Lipinski definition) is 4. The Balaban J connectivity index is 2.58. The number of carbonyl (C=O) groups is 2. The minimum Gasteiger partial charge on any atom is -0.444 e. The Morgan fingerprint density at radius 3 is 2.60 bits per heavy atom. The van der Waals surface area contributed by atoms with E-state index in [1.807, 2.05) is 13.8 Å². The summed E-state index contributed by atoms with van der Waals surface area (Å²) >= 11 is 1.70. The third kappa shape index (κ3) is 4.44. The van der Waals surface area contributed by atoms with E-state index in [9.17, 15) is 9.59 Å². The summed E-state index contributed by atoms with van der Waals surface area (Å²) in [6, 6.07) is 0.00272. The van der Waals surface area contributed by atoms with Gasteiger partial charge in [-0.15, -0.1) is 18.3 Å². The Morgan fingerprint density at radius 1 is 1.50 bits per heavy atom. The molecular weight excluding hydrogens is 276 g/mol. The first-order chi connectivity index (χ1) is 9.07. The van der Waals surface area contributed by atoms with Gasteiger partial charge in [-0.2, -0.15) is 0 Å². The van der Waals surface area contributed by atoms with Crippen molar-refractivity contribution in [2.45, 2.75) is 51.1 Å². The van der Waals surface area contributed by atoms with Gasteiger partial charge in [0, 0.05) is 5.75 Å². The summed E-state index contributed by atoms with van der Waals surface area (Å²) in [4.78, 5) is 25.3. The van der Waals surface area contributed by atoms with Crippen molar-refractivity contribution in [3.05, 3.63) is 12.7 Å². The standard InChI is InChI=1S/C14H24N2O3S/c1-7-10-9-20-14(5,6)16(10)11(17)8-15-12(18)19-13(2,3)4/h7,10H,1,8-9H2,2-6H3,(H,15,18)/t10-/m0/s1. The van der Waals surface area contributed by atoms with Crippen LogP contribution in [0.15, 0.2) is 12.7 Å². The Hall–Kier alpha value is -1.17. The average molecular weight is 300 g/mol. The highest BCUT2D eigenvalue weighted by Crippen LogP contribution is 2.38. The van der Waals surface area contributed by atoms with Gasteiger partial charge in [-0.1, -0.05) is 6.08 Å². The van der Waals surface area contributed by atoms with Gasteiger partial charge < -0.3 is 15.0 Å². The number of ether oxygens (including phenoxy) is 1. The average Bonchev–Trinajstić information content (AvgIpc) is 2.59. The molecule has 20 heavy (non-hydrogen) atoms. The second-order valence-corrected chi connectivity index (χ2v) is 7.80. The minimum atomic E-state index is -0.578. The zero-order valence-corrected chi connectivity index (χ0v) is 13.7. The first kappa shape index (κ1) is 16.9. The Bertz CT molecular complexity index is 402. The van der Waals surface area contributed by atoms with Crippen molar-refractivity contribution in [2.24, 2.45) is 0 Å². The topological polar surface area (TPSA) is 58.6 Å². The molecule has 0 bridgehead atoms. The first-order valence-corrected chi connectivity index (χ1v) is 7.61. The number of nitrogens with one attached hydrogen (secondary N) is 1. The van der Waals surface area contributed by atoms with Gasteiger partial charge in [0.25, 0.3) is 0 Å². The zero-order valence-electron chi connectivity index (χ0n) is 12.9. The normalized spacial score (nSPS) is 21.4. The number of hydrogen-bond donors (Lipinski definition) is 1. The van der Waals surface area contributed by atoms with Crippen LogP contribution < -0.4 is 5.32 Å². The lowest BCUT2D eigenvalue weighted by Crippen LogP contribution is -2.50. The molecule has 1 N–H and O–H groups in total. The first-order valence-electron chi connectivity index (χ1n) is 6.62. The quantitative estimate of drug-likeness (QED) is 0.813. The van der Waals surface area contributed by atoms with Gasteiger partial charge >= 0.3 is 6.09 Å². The molecule has 0 aromatic heterocycles. The number of nitrogens with zero attached hydrogens (tertiary/aromatic N) is 1.